The molecule has 3 N–H and O–H groups in total. The molecule has 0 spiro atoms. The van der Waals surface area contributed by atoms with Crippen molar-refractivity contribution in [1.29, 1.82) is 0 Å². The van der Waals surface area contributed by atoms with Crippen LogP contribution in [0.25, 0.3) is 0 Å². The summed E-state index contributed by atoms with van der Waals surface area (Å²) in [5.41, 5.74) is 1.78. The maximum Gasteiger partial charge on any atom is 0.274 e. The minimum atomic E-state index is -0.852. The smallest absolute Gasteiger partial charge is 0.274 e. The molecule has 1 rings (SSSR count). The van der Waals surface area contributed by atoms with E-state index < -0.39 is 16.9 Å². The number of hydrogen-bond acceptors (Lipinski definition) is 5. The minimum absolute atomic E-state index is 0.0707. The van der Waals surface area contributed by atoms with Gasteiger partial charge in [-0.15, -0.1) is 0 Å². The molecule has 0 fully saturated rings. The summed E-state index contributed by atoms with van der Waals surface area (Å²) in [7, 11) is 0. The quantitative estimate of drug-likeness (QED) is 0.365. The highest BCUT2D eigenvalue weighted by atomic mass is 35.5. The van der Waals surface area contributed by atoms with Gasteiger partial charge in [0.15, 0.2) is 6.10 Å². The number of nitro groups is 1. The predicted octanol–water partition coefficient (Wildman–Crippen LogP) is 1.40. The zero-order valence-electron chi connectivity index (χ0n) is 9.55. The van der Waals surface area contributed by atoms with Crippen LogP contribution in [0, 0.1) is 10.1 Å². The van der Waals surface area contributed by atoms with E-state index in [0.717, 1.165) is 6.07 Å². The lowest BCUT2D eigenvalue weighted by Gasteiger charge is -2.16. The van der Waals surface area contributed by atoms with E-state index in [1.54, 1.807) is 6.92 Å². The van der Waals surface area contributed by atoms with Crippen molar-refractivity contribution in [2.45, 2.75) is 19.4 Å². The SMILES string of the molecule is CCC(Oc1cc([N+](=O)[O-])ccc1Cl)C(=O)NN. The molecule has 18 heavy (non-hydrogen) atoms. The first-order valence-electron chi connectivity index (χ1n) is 5.10. The number of benzene rings is 1. The molecular formula is C10H12ClN3O4. The number of nitrogens with two attached hydrogens (primary N) is 1. The van der Waals surface area contributed by atoms with Crippen molar-refractivity contribution in [3.63, 3.8) is 0 Å². The zero-order valence-corrected chi connectivity index (χ0v) is 10.3. The molecule has 0 aliphatic heterocycles. The summed E-state index contributed by atoms with van der Waals surface area (Å²) in [4.78, 5) is 21.4. The van der Waals surface area contributed by atoms with Crippen molar-refractivity contribution in [2.24, 2.45) is 5.84 Å². The second-order valence-corrected chi connectivity index (χ2v) is 3.80. The summed E-state index contributed by atoms with van der Waals surface area (Å²) in [6, 6.07) is 3.75. The number of nitrogens with one attached hydrogen (secondary N) is 1. The molecule has 98 valence electrons. The molecule has 0 aromatic heterocycles. The highest BCUT2D eigenvalue weighted by Gasteiger charge is 2.20. The maximum atomic E-state index is 11.3. The standard InChI is InChI=1S/C10H12ClN3O4/c1-2-8(10(15)13-12)18-9-5-6(14(16)17)3-4-7(9)11/h3-5,8H,2,12H2,1H3,(H,13,15). The highest BCUT2D eigenvalue weighted by molar-refractivity contribution is 6.32. The van der Waals surface area contributed by atoms with Gasteiger partial charge in [-0.3, -0.25) is 20.3 Å². The topological polar surface area (TPSA) is 107 Å². The Labute approximate surface area is 108 Å². The number of hydrazine groups is 1. The lowest BCUT2D eigenvalue weighted by Crippen LogP contribution is -2.41. The molecule has 0 saturated carbocycles. The second kappa shape index (κ2) is 6.18. The summed E-state index contributed by atoms with van der Waals surface area (Å²) in [6.45, 7) is 1.71. The molecule has 7 nitrogen and oxygen atoms in total. The molecule has 0 saturated heterocycles. The first kappa shape index (κ1) is 14.2. The maximum absolute atomic E-state index is 11.3. The fourth-order valence-electron chi connectivity index (χ4n) is 1.26. The van der Waals surface area contributed by atoms with Crippen LogP contribution in [0.2, 0.25) is 5.02 Å². The molecule has 0 heterocycles. The number of non-ortho nitro benzene ring substituents is 1. The summed E-state index contributed by atoms with van der Waals surface area (Å²) in [5.74, 6) is 4.54. The Balaban J connectivity index is 2.98. The van der Waals surface area contributed by atoms with Crippen molar-refractivity contribution in [3.8, 4) is 5.75 Å². The third-order valence-corrected chi connectivity index (χ3v) is 2.51. The highest BCUT2D eigenvalue weighted by Crippen LogP contribution is 2.29. The molecule has 0 aliphatic rings. The Morgan fingerprint density at radius 3 is 2.83 bits per heavy atom. The van der Waals surface area contributed by atoms with E-state index in [2.05, 4.69) is 0 Å². The largest absolute Gasteiger partial charge is 0.479 e. The molecule has 0 radical (unpaired) electrons. The number of halogens is 1. The van der Waals surface area contributed by atoms with E-state index >= 15 is 0 Å². The van der Waals surface area contributed by atoms with E-state index in [4.69, 9.17) is 22.2 Å². The van der Waals surface area contributed by atoms with Gasteiger partial charge in [-0.25, -0.2) is 5.84 Å². The van der Waals surface area contributed by atoms with Crippen LogP contribution in [0.4, 0.5) is 5.69 Å². The van der Waals surface area contributed by atoms with Crippen LogP contribution in [-0.2, 0) is 4.79 Å². The van der Waals surface area contributed by atoms with Crippen molar-refractivity contribution in [1.82, 2.24) is 5.43 Å². The zero-order chi connectivity index (χ0) is 13.7. The Morgan fingerprint density at radius 1 is 1.67 bits per heavy atom. The fourth-order valence-corrected chi connectivity index (χ4v) is 1.43. The van der Waals surface area contributed by atoms with Crippen molar-refractivity contribution in [2.75, 3.05) is 0 Å². The van der Waals surface area contributed by atoms with Gasteiger partial charge >= 0.3 is 0 Å². The molecule has 1 aromatic carbocycles. The van der Waals surface area contributed by atoms with Crippen molar-refractivity contribution >= 4 is 23.2 Å². The third-order valence-electron chi connectivity index (χ3n) is 2.20. The van der Waals surface area contributed by atoms with Gasteiger partial charge < -0.3 is 4.74 Å². The van der Waals surface area contributed by atoms with Gasteiger partial charge in [0.05, 0.1) is 16.0 Å². The van der Waals surface area contributed by atoms with E-state index in [0.29, 0.717) is 6.42 Å². The van der Waals surface area contributed by atoms with Gasteiger partial charge in [0.1, 0.15) is 5.75 Å². The lowest BCUT2D eigenvalue weighted by molar-refractivity contribution is -0.384. The number of hydrogen-bond donors (Lipinski definition) is 2. The summed E-state index contributed by atoms with van der Waals surface area (Å²) < 4.78 is 5.31. The molecule has 0 aliphatic carbocycles. The van der Waals surface area contributed by atoms with Crippen molar-refractivity contribution in [3.05, 3.63) is 33.3 Å². The minimum Gasteiger partial charge on any atom is -0.479 e. The summed E-state index contributed by atoms with van der Waals surface area (Å²) in [5, 5.41) is 10.8. The summed E-state index contributed by atoms with van der Waals surface area (Å²) in [6.07, 6.45) is -0.503. The number of carbonyl (C=O) groups excluding carboxylic acids is 1. The van der Waals surface area contributed by atoms with Crippen LogP contribution in [0.3, 0.4) is 0 Å². The Kier molecular flexibility index (Phi) is 4.87. The van der Waals surface area contributed by atoms with Crippen LogP contribution >= 0.6 is 11.6 Å². The molecular weight excluding hydrogens is 262 g/mol. The number of nitro benzene ring substituents is 1. The number of ether oxygens (including phenoxy) is 1. The van der Waals surface area contributed by atoms with E-state index in [1.165, 1.54) is 12.1 Å². The van der Waals surface area contributed by atoms with Crippen LogP contribution in [0.15, 0.2) is 18.2 Å². The van der Waals surface area contributed by atoms with Gasteiger partial charge in [0.2, 0.25) is 0 Å². The molecule has 1 aromatic rings. The van der Waals surface area contributed by atoms with E-state index in [-0.39, 0.29) is 16.5 Å². The first-order chi connectivity index (χ1) is 8.49. The molecule has 1 atom stereocenters. The predicted molar refractivity (Wildman–Crippen MR) is 65.1 cm³/mol. The Morgan fingerprint density at radius 2 is 2.33 bits per heavy atom. The van der Waals surface area contributed by atoms with Gasteiger partial charge in [0, 0.05) is 6.07 Å². The Bertz CT molecular complexity index is 466. The first-order valence-corrected chi connectivity index (χ1v) is 5.48. The fraction of sp³-hybridized carbons (Fsp3) is 0.300. The van der Waals surface area contributed by atoms with E-state index in [1.807, 2.05) is 5.43 Å². The normalized spacial score (nSPS) is 11.7. The van der Waals surface area contributed by atoms with Gasteiger partial charge in [-0.1, -0.05) is 18.5 Å². The van der Waals surface area contributed by atoms with Crippen LogP contribution in [0.1, 0.15) is 13.3 Å². The average molecular weight is 274 g/mol. The molecule has 1 unspecified atom stereocenters. The van der Waals surface area contributed by atoms with Gasteiger partial charge in [-0.05, 0) is 12.5 Å². The number of amides is 1. The van der Waals surface area contributed by atoms with Crippen LogP contribution < -0.4 is 16.0 Å². The second-order valence-electron chi connectivity index (χ2n) is 3.40. The van der Waals surface area contributed by atoms with Gasteiger partial charge in [-0.2, -0.15) is 0 Å². The third kappa shape index (κ3) is 3.31. The number of rotatable bonds is 5. The van der Waals surface area contributed by atoms with Gasteiger partial charge in [0.25, 0.3) is 11.6 Å². The monoisotopic (exact) mass is 273 g/mol. The molecule has 0 bridgehead atoms. The number of carbonyl (C=O) groups is 1. The Hall–Kier alpha value is -1.86. The summed E-state index contributed by atoms with van der Waals surface area (Å²) >= 11 is 5.84. The lowest BCUT2D eigenvalue weighted by atomic mass is 10.2. The average Bonchev–Trinajstić information content (AvgIpc) is 2.36. The van der Waals surface area contributed by atoms with Crippen molar-refractivity contribution < 1.29 is 14.5 Å². The molecule has 1 amide bonds. The van der Waals surface area contributed by atoms with Crippen LogP contribution in [0.5, 0.6) is 5.75 Å². The van der Waals surface area contributed by atoms with E-state index in [9.17, 15) is 14.9 Å². The molecule has 8 heteroatoms. The number of nitrogens with zero attached hydrogens (tertiary/aromatic N) is 1. The van der Waals surface area contributed by atoms with Crippen LogP contribution in [-0.4, -0.2) is 16.9 Å².